The van der Waals surface area contributed by atoms with Crippen LogP contribution in [0, 0.1) is 12.3 Å². The van der Waals surface area contributed by atoms with Gasteiger partial charge < -0.3 is 9.84 Å². The van der Waals surface area contributed by atoms with Gasteiger partial charge in [-0.05, 0) is 13.8 Å². The van der Waals surface area contributed by atoms with Crippen molar-refractivity contribution in [1.29, 1.82) is 0 Å². The normalized spacial score (nSPS) is 21.6. The minimum atomic E-state index is -0.467. The van der Waals surface area contributed by atoms with Gasteiger partial charge >= 0.3 is 0 Å². The second-order valence-corrected chi connectivity index (χ2v) is 4.18. The van der Waals surface area contributed by atoms with E-state index in [0.717, 1.165) is 26.3 Å². The number of morpholine rings is 1. The van der Waals surface area contributed by atoms with Crippen molar-refractivity contribution >= 4 is 0 Å². The van der Waals surface area contributed by atoms with Crippen LogP contribution in [0.3, 0.4) is 0 Å². The van der Waals surface area contributed by atoms with Crippen molar-refractivity contribution in [2.45, 2.75) is 31.9 Å². The highest BCUT2D eigenvalue weighted by molar-refractivity contribution is 4.97. The molecule has 14 heavy (non-hydrogen) atoms. The molecule has 1 N–H and O–H groups in total. The van der Waals surface area contributed by atoms with E-state index in [-0.39, 0.29) is 5.54 Å². The highest BCUT2D eigenvalue weighted by atomic mass is 16.5. The smallest absolute Gasteiger partial charge is 0.0827 e. The van der Waals surface area contributed by atoms with Crippen LogP contribution in [0.5, 0.6) is 0 Å². The summed E-state index contributed by atoms with van der Waals surface area (Å²) in [6, 6.07) is 0. The second-order valence-electron chi connectivity index (χ2n) is 4.18. The SMILES string of the molecule is C#CCC(O)C(C)(C)N1CCOCC1. The molecule has 1 heterocycles. The topological polar surface area (TPSA) is 32.7 Å². The molecule has 0 saturated carbocycles. The van der Waals surface area contributed by atoms with E-state index in [2.05, 4.69) is 10.8 Å². The number of hydrogen-bond donors (Lipinski definition) is 1. The van der Waals surface area contributed by atoms with Crippen molar-refractivity contribution in [3.63, 3.8) is 0 Å². The predicted molar refractivity (Wildman–Crippen MR) is 55.9 cm³/mol. The van der Waals surface area contributed by atoms with E-state index in [4.69, 9.17) is 11.2 Å². The lowest BCUT2D eigenvalue weighted by atomic mass is 9.92. The minimum absolute atomic E-state index is 0.254. The van der Waals surface area contributed by atoms with Crippen LogP contribution in [0.15, 0.2) is 0 Å². The largest absolute Gasteiger partial charge is 0.390 e. The van der Waals surface area contributed by atoms with E-state index < -0.39 is 6.10 Å². The zero-order valence-electron chi connectivity index (χ0n) is 8.99. The van der Waals surface area contributed by atoms with Crippen LogP contribution >= 0.6 is 0 Å². The van der Waals surface area contributed by atoms with Crippen molar-refractivity contribution in [2.24, 2.45) is 0 Å². The standard InChI is InChI=1S/C11H19NO2/c1-4-5-10(13)11(2,3)12-6-8-14-9-7-12/h1,10,13H,5-9H2,2-3H3. The Kier molecular flexibility index (Phi) is 3.94. The van der Waals surface area contributed by atoms with E-state index in [9.17, 15) is 5.11 Å². The monoisotopic (exact) mass is 197 g/mol. The highest BCUT2D eigenvalue weighted by Gasteiger charge is 2.34. The first-order chi connectivity index (χ1) is 6.59. The molecule has 3 heteroatoms. The van der Waals surface area contributed by atoms with Gasteiger partial charge in [-0.25, -0.2) is 0 Å². The summed E-state index contributed by atoms with van der Waals surface area (Å²) in [5, 5.41) is 9.90. The fourth-order valence-corrected chi connectivity index (χ4v) is 1.71. The molecule has 1 aliphatic heterocycles. The van der Waals surface area contributed by atoms with Gasteiger partial charge in [0, 0.05) is 25.0 Å². The Morgan fingerprint density at radius 3 is 2.57 bits per heavy atom. The van der Waals surface area contributed by atoms with Crippen LogP contribution in [-0.4, -0.2) is 48.0 Å². The van der Waals surface area contributed by atoms with Crippen LogP contribution in [0.4, 0.5) is 0 Å². The zero-order valence-corrected chi connectivity index (χ0v) is 8.99. The summed E-state index contributed by atoms with van der Waals surface area (Å²) in [4.78, 5) is 2.23. The quantitative estimate of drug-likeness (QED) is 0.668. The molecule has 1 aliphatic rings. The first-order valence-electron chi connectivity index (χ1n) is 5.03. The number of terminal acetylenes is 1. The molecule has 0 aromatic carbocycles. The molecule has 1 rings (SSSR count). The average Bonchev–Trinajstić information content (AvgIpc) is 2.19. The summed E-state index contributed by atoms with van der Waals surface area (Å²) in [5.74, 6) is 2.50. The van der Waals surface area contributed by atoms with E-state index >= 15 is 0 Å². The molecule has 3 nitrogen and oxygen atoms in total. The van der Waals surface area contributed by atoms with Crippen LogP contribution in [-0.2, 0) is 4.74 Å². The summed E-state index contributed by atoms with van der Waals surface area (Å²) in [6.45, 7) is 7.28. The molecule has 0 aromatic rings. The van der Waals surface area contributed by atoms with Crippen molar-refractivity contribution in [1.82, 2.24) is 4.90 Å². The molecule has 1 unspecified atom stereocenters. The lowest BCUT2D eigenvalue weighted by molar-refractivity contribution is -0.0598. The van der Waals surface area contributed by atoms with Gasteiger partial charge in [0.15, 0.2) is 0 Å². The maximum absolute atomic E-state index is 9.90. The van der Waals surface area contributed by atoms with E-state index in [0.29, 0.717) is 6.42 Å². The predicted octanol–water partition coefficient (Wildman–Crippen LogP) is 0.481. The molecule has 0 spiro atoms. The summed E-state index contributed by atoms with van der Waals surface area (Å²) in [6.07, 6.45) is 5.14. The fourth-order valence-electron chi connectivity index (χ4n) is 1.71. The van der Waals surface area contributed by atoms with Crippen LogP contribution in [0.1, 0.15) is 20.3 Å². The average molecular weight is 197 g/mol. The zero-order chi connectivity index (χ0) is 10.6. The van der Waals surface area contributed by atoms with Crippen LogP contribution in [0.2, 0.25) is 0 Å². The highest BCUT2D eigenvalue weighted by Crippen LogP contribution is 2.22. The maximum atomic E-state index is 9.90. The summed E-state index contributed by atoms with van der Waals surface area (Å²) in [5.41, 5.74) is -0.254. The molecular weight excluding hydrogens is 178 g/mol. The molecule has 80 valence electrons. The van der Waals surface area contributed by atoms with Gasteiger partial charge in [-0.2, -0.15) is 0 Å². The molecule has 0 aliphatic carbocycles. The van der Waals surface area contributed by atoms with Gasteiger partial charge in [0.2, 0.25) is 0 Å². The summed E-state index contributed by atoms with van der Waals surface area (Å²) >= 11 is 0. The molecule has 1 saturated heterocycles. The Bertz CT molecular complexity index is 214. The Morgan fingerprint density at radius 1 is 1.50 bits per heavy atom. The molecule has 0 amide bonds. The molecule has 0 aromatic heterocycles. The molecule has 0 bridgehead atoms. The van der Waals surface area contributed by atoms with Crippen LogP contribution < -0.4 is 0 Å². The van der Waals surface area contributed by atoms with Gasteiger partial charge in [0.25, 0.3) is 0 Å². The van der Waals surface area contributed by atoms with E-state index in [1.807, 2.05) is 13.8 Å². The Labute approximate surface area is 86.0 Å². The summed E-state index contributed by atoms with van der Waals surface area (Å²) in [7, 11) is 0. The van der Waals surface area contributed by atoms with Crippen molar-refractivity contribution in [3.8, 4) is 12.3 Å². The van der Waals surface area contributed by atoms with Crippen molar-refractivity contribution < 1.29 is 9.84 Å². The van der Waals surface area contributed by atoms with Gasteiger partial charge in [-0.1, -0.05) is 0 Å². The number of hydrogen-bond acceptors (Lipinski definition) is 3. The van der Waals surface area contributed by atoms with E-state index in [1.54, 1.807) is 0 Å². The number of nitrogens with zero attached hydrogens (tertiary/aromatic N) is 1. The fraction of sp³-hybridized carbons (Fsp3) is 0.818. The lowest BCUT2D eigenvalue weighted by Gasteiger charge is -2.43. The Hall–Kier alpha value is -0.560. The van der Waals surface area contributed by atoms with Gasteiger partial charge in [-0.3, -0.25) is 4.90 Å². The number of aliphatic hydroxyl groups is 1. The number of aliphatic hydroxyl groups excluding tert-OH is 1. The maximum Gasteiger partial charge on any atom is 0.0827 e. The number of ether oxygens (including phenoxy) is 1. The second kappa shape index (κ2) is 4.79. The molecule has 1 atom stereocenters. The third kappa shape index (κ3) is 2.48. The lowest BCUT2D eigenvalue weighted by Crippen LogP contribution is -2.56. The molecule has 1 fully saturated rings. The number of rotatable bonds is 3. The van der Waals surface area contributed by atoms with Crippen molar-refractivity contribution in [2.75, 3.05) is 26.3 Å². The molecular formula is C11H19NO2. The van der Waals surface area contributed by atoms with Gasteiger partial charge in [0.1, 0.15) is 0 Å². The Balaban J connectivity index is 2.57. The van der Waals surface area contributed by atoms with Gasteiger partial charge in [-0.15, -0.1) is 12.3 Å². The third-order valence-corrected chi connectivity index (χ3v) is 2.95. The van der Waals surface area contributed by atoms with E-state index in [1.165, 1.54) is 0 Å². The van der Waals surface area contributed by atoms with Crippen molar-refractivity contribution in [3.05, 3.63) is 0 Å². The first kappa shape index (κ1) is 11.5. The first-order valence-corrected chi connectivity index (χ1v) is 5.03. The van der Waals surface area contributed by atoms with Crippen LogP contribution in [0.25, 0.3) is 0 Å². The third-order valence-electron chi connectivity index (χ3n) is 2.95. The Morgan fingerprint density at radius 2 is 2.07 bits per heavy atom. The minimum Gasteiger partial charge on any atom is -0.390 e. The van der Waals surface area contributed by atoms with Gasteiger partial charge in [0.05, 0.1) is 19.3 Å². The summed E-state index contributed by atoms with van der Waals surface area (Å²) < 4.78 is 5.27. The molecule has 0 radical (unpaired) electrons.